The van der Waals surface area contributed by atoms with E-state index in [0.717, 1.165) is 22.5 Å². The molecule has 0 radical (unpaired) electrons. The summed E-state index contributed by atoms with van der Waals surface area (Å²) in [5.41, 5.74) is 1.33. The average Bonchev–Trinajstić information content (AvgIpc) is 3.86. The maximum absolute atomic E-state index is 14.4. The zero-order valence-corrected chi connectivity index (χ0v) is 33.1. The topological polar surface area (TPSA) is 210 Å². The Morgan fingerprint density at radius 1 is 1.07 bits per heavy atom. The normalized spacial score (nSPS) is 17.8. The fourth-order valence-electron chi connectivity index (χ4n) is 5.69. The second-order valence-electron chi connectivity index (χ2n) is 13.2. The van der Waals surface area contributed by atoms with Crippen molar-refractivity contribution < 1.29 is 33.4 Å². The number of ether oxygens (including phenoxy) is 2. The molecule has 2 aromatic heterocycles. The van der Waals surface area contributed by atoms with E-state index in [1.54, 1.807) is 20.8 Å². The first kappa shape index (κ1) is 39.7. The number of esters is 1. The maximum Gasteiger partial charge on any atom is 0.408 e. The number of fused-ring (bicyclic) bond motifs is 1. The molecule has 2 aliphatic heterocycles. The van der Waals surface area contributed by atoms with E-state index < -0.39 is 58.9 Å². The molecule has 4 atom stereocenters. The lowest BCUT2D eigenvalue weighted by Crippen LogP contribution is -2.71. The molecule has 4 N–H and O–H groups in total. The van der Waals surface area contributed by atoms with Crippen LogP contribution in [0.2, 0.25) is 0 Å². The molecule has 16 nitrogen and oxygen atoms in total. The van der Waals surface area contributed by atoms with Crippen LogP contribution < -0.4 is 16.0 Å². The standard InChI is InChI=1S/C35H36ClN9O7S3/c1-18(55-33-41-43-44-42-33)21-16-53-30-25(39-28(47)24(40-34(50)52-35(2,3)4)22-17-54-32(37-22)38-23(46)15-36)29(48)45(30)26(21)31(49)51-27(19-11-7-5-8-12-19)20-13-9-6-10-14-20/h5-14,17-18,24-25,27,30H,15-16H2,1-4H3,(H,39,47)(H,40,50)(H,37,38,46)(H,41,42,43,44)/t18?,24?,25-,30-/m1/s1. The van der Waals surface area contributed by atoms with Gasteiger partial charge >= 0.3 is 12.1 Å². The van der Waals surface area contributed by atoms with E-state index in [1.807, 2.05) is 67.6 Å². The summed E-state index contributed by atoms with van der Waals surface area (Å²) in [4.78, 5) is 72.9. The smallest absolute Gasteiger partial charge is 0.408 e. The number of carbonyl (C=O) groups excluding carboxylic acids is 5. The monoisotopic (exact) mass is 825 g/mol. The molecule has 4 amide bonds. The highest BCUT2D eigenvalue weighted by atomic mass is 35.5. The van der Waals surface area contributed by atoms with Crippen LogP contribution in [0.25, 0.3) is 0 Å². The fraction of sp³-hybridized carbons (Fsp3) is 0.343. The second-order valence-corrected chi connectivity index (χ2v) is 16.7. The molecule has 20 heteroatoms. The summed E-state index contributed by atoms with van der Waals surface area (Å²) >= 11 is 9.24. The number of H-pyrrole nitrogens is 1. The Balaban J connectivity index is 1.28. The van der Waals surface area contributed by atoms with E-state index in [2.05, 4.69) is 41.6 Å². The summed E-state index contributed by atoms with van der Waals surface area (Å²) in [5, 5.41) is 22.8. The molecule has 55 heavy (non-hydrogen) atoms. The van der Waals surface area contributed by atoms with Crippen molar-refractivity contribution >= 4 is 81.4 Å². The number of anilines is 1. The molecule has 6 rings (SSSR count). The molecule has 0 aliphatic carbocycles. The number of aromatic amines is 1. The lowest BCUT2D eigenvalue weighted by Gasteiger charge is -2.50. The Morgan fingerprint density at radius 2 is 1.75 bits per heavy atom. The van der Waals surface area contributed by atoms with Crippen LogP contribution in [0.5, 0.6) is 0 Å². The molecular weight excluding hydrogens is 790 g/mol. The van der Waals surface area contributed by atoms with Crippen LogP contribution in [0.4, 0.5) is 9.93 Å². The van der Waals surface area contributed by atoms with Crippen molar-refractivity contribution in [3.63, 3.8) is 0 Å². The van der Waals surface area contributed by atoms with Crippen LogP contribution in [-0.4, -0.2) is 94.2 Å². The predicted molar refractivity (Wildman–Crippen MR) is 206 cm³/mol. The van der Waals surface area contributed by atoms with Gasteiger partial charge in [-0.05, 0) is 49.6 Å². The van der Waals surface area contributed by atoms with Crippen LogP contribution >= 0.6 is 46.5 Å². The summed E-state index contributed by atoms with van der Waals surface area (Å²) in [6, 6.07) is 16.0. The van der Waals surface area contributed by atoms with Gasteiger partial charge in [0.25, 0.3) is 5.91 Å². The van der Waals surface area contributed by atoms with Crippen molar-refractivity contribution in [2.45, 2.75) is 67.3 Å². The van der Waals surface area contributed by atoms with Gasteiger partial charge in [-0.15, -0.1) is 44.9 Å². The highest BCUT2D eigenvalue weighted by Crippen LogP contribution is 2.44. The number of benzene rings is 2. The number of nitrogens with one attached hydrogen (secondary N) is 4. The number of tetrazole rings is 1. The van der Waals surface area contributed by atoms with Gasteiger partial charge in [0.15, 0.2) is 17.3 Å². The maximum atomic E-state index is 14.4. The Hall–Kier alpha value is -4.98. The number of thiazole rings is 1. The van der Waals surface area contributed by atoms with Crippen molar-refractivity contribution in [1.29, 1.82) is 0 Å². The van der Waals surface area contributed by atoms with Gasteiger partial charge < -0.3 is 25.4 Å². The van der Waals surface area contributed by atoms with Crippen LogP contribution in [0.1, 0.15) is 56.7 Å². The van der Waals surface area contributed by atoms with Crippen molar-refractivity contribution in [2.24, 2.45) is 0 Å². The zero-order chi connectivity index (χ0) is 39.3. The number of nitrogens with zero attached hydrogens (tertiary/aromatic N) is 5. The van der Waals surface area contributed by atoms with Crippen molar-refractivity contribution in [3.05, 3.63) is 94.1 Å². The molecule has 2 aromatic carbocycles. The summed E-state index contributed by atoms with van der Waals surface area (Å²) in [7, 11) is 0. The molecule has 0 saturated carbocycles. The third-order valence-corrected chi connectivity index (χ3v) is 11.5. The molecule has 0 spiro atoms. The van der Waals surface area contributed by atoms with Crippen molar-refractivity contribution in [1.82, 2.24) is 41.1 Å². The van der Waals surface area contributed by atoms with Crippen LogP contribution in [0.15, 0.2) is 82.5 Å². The van der Waals surface area contributed by atoms with E-state index in [-0.39, 0.29) is 27.7 Å². The number of aromatic nitrogens is 5. The van der Waals surface area contributed by atoms with Gasteiger partial charge in [0.1, 0.15) is 28.6 Å². The SMILES string of the molecule is CC(Sc1nn[nH]n1)C1=C(C(=O)OC(c2ccccc2)c2ccccc2)N2C(=O)[C@@H](NC(=O)C(NC(=O)OC(C)(C)C)c3csc(NC(=O)CCl)n3)[C@H]2SC1. The molecule has 1 fully saturated rings. The van der Waals surface area contributed by atoms with Gasteiger partial charge in [-0.1, -0.05) is 72.4 Å². The lowest BCUT2D eigenvalue weighted by atomic mass is 9.99. The number of hydrogen-bond donors (Lipinski definition) is 4. The lowest BCUT2D eigenvalue weighted by molar-refractivity contribution is -0.154. The van der Waals surface area contributed by atoms with E-state index in [9.17, 15) is 24.0 Å². The molecular formula is C35H36ClN9O7S3. The highest BCUT2D eigenvalue weighted by molar-refractivity contribution is 8.01. The van der Waals surface area contributed by atoms with Gasteiger partial charge in [0.2, 0.25) is 17.0 Å². The largest absolute Gasteiger partial charge is 0.448 e. The first-order valence-corrected chi connectivity index (χ1v) is 20.2. The highest BCUT2D eigenvalue weighted by Gasteiger charge is 2.55. The quantitative estimate of drug-likeness (QED) is 0.0631. The Morgan fingerprint density at radius 3 is 2.35 bits per heavy atom. The number of amides is 4. The first-order chi connectivity index (χ1) is 26.3. The van der Waals surface area contributed by atoms with E-state index in [1.165, 1.54) is 33.8 Å². The Labute approximate surface area is 332 Å². The molecule has 1 saturated heterocycles. The van der Waals surface area contributed by atoms with E-state index >= 15 is 0 Å². The number of rotatable bonds is 13. The minimum Gasteiger partial charge on any atom is -0.448 e. The fourth-order valence-corrected chi connectivity index (χ4v) is 8.92. The van der Waals surface area contributed by atoms with Gasteiger partial charge in [0, 0.05) is 16.4 Å². The summed E-state index contributed by atoms with van der Waals surface area (Å²) < 4.78 is 11.7. The molecule has 0 bridgehead atoms. The number of alkyl carbamates (subject to hydrolysis) is 1. The number of carbonyl (C=O) groups is 5. The van der Waals surface area contributed by atoms with Gasteiger partial charge in [-0.25, -0.2) is 14.6 Å². The third-order valence-electron chi connectivity index (χ3n) is 8.13. The molecule has 4 aromatic rings. The number of β-lactam (4-membered cyclic amide) rings is 1. The average molecular weight is 826 g/mol. The minimum absolute atomic E-state index is 0.0576. The number of halogens is 1. The number of thioether (sulfide) groups is 2. The number of alkyl halides is 1. The molecule has 2 unspecified atom stereocenters. The van der Waals surface area contributed by atoms with E-state index in [4.69, 9.17) is 21.1 Å². The summed E-state index contributed by atoms with van der Waals surface area (Å²) in [5.74, 6) is -2.58. The molecule has 288 valence electrons. The van der Waals surface area contributed by atoms with E-state index in [0.29, 0.717) is 16.5 Å². The van der Waals surface area contributed by atoms with Crippen molar-refractivity contribution in [3.8, 4) is 0 Å². The zero-order valence-electron chi connectivity index (χ0n) is 29.8. The number of hydrogen-bond acceptors (Lipinski definition) is 14. The van der Waals surface area contributed by atoms with Crippen LogP contribution in [0.3, 0.4) is 0 Å². The van der Waals surface area contributed by atoms with Crippen LogP contribution in [-0.2, 0) is 28.7 Å². The van der Waals surface area contributed by atoms with Gasteiger partial charge in [0.05, 0.1) is 5.69 Å². The van der Waals surface area contributed by atoms with Gasteiger partial charge in [-0.3, -0.25) is 19.3 Å². The van der Waals surface area contributed by atoms with Crippen LogP contribution in [0, 0.1) is 0 Å². The second kappa shape index (κ2) is 17.2. The molecule has 4 heterocycles. The first-order valence-electron chi connectivity index (χ1n) is 16.8. The molecule has 2 aliphatic rings. The minimum atomic E-state index is -1.41. The van der Waals surface area contributed by atoms with Crippen molar-refractivity contribution in [2.75, 3.05) is 16.9 Å². The Kier molecular flexibility index (Phi) is 12.4. The predicted octanol–water partition coefficient (Wildman–Crippen LogP) is 4.57. The van der Waals surface area contributed by atoms with Gasteiger partial charge in [-0.2, -0.15) is 5.21 Å². The Bertz CT molecular complexity index is 2020. The summed E-state index contributed by atoms with van der Waals surface area (Å²) in [6.07, 6.45) is -1.70. The third kappa shape index (κ3) is 9.46. The summed E-state index contributed by atoms with van der Waals surface area (Å²) in [6.45, 7) is 6.87.